The van der Waals surface area contributed by atoms with Gasteiger partial charge in [0.15, 0.2) is 5.65 Å². The summed E-state index contributed by atoms with van der Waals surface area (Å²) in [7, 11) is 0. The zero-order valence-corrected chi connectivity index (χ0v) is 32.0. The second-order valence-corrected chi connectivity index (χ2v) is 13.4. The quantitative estimate of drug-likeness (QED) is 0.161. The fraction of sp³-hybridized carbons (Fsp3) is 0.174. The summed E-state index contributed by atoms with van der Waals surface area (Å²) in [6.45, 7) is 4.63. The number of hydrogen-bond donors (Lipinski definition) is 0. The second-order valence-electron chi connectivity index (χ2n) is 13.4. The predicted molar refractivity (Wildman–Crippen MR) is 212 cm³/mol. The summed E-state index contributed by atoms with van der Waals surface area (Å²) in [5.74, 6) is 1.37. The van der Waals surface area contributed by atoms with E-state index in [9.17, 15) is 0 Å². The summed E-state index contributed by atoms with van der Waals surface area (Å²) >= 11 is 0. The largest absolute Gasteiger partial charge is 0.501 e. The van der Waals surface area contributed by atoms with E-state index in [4.69, 9.17) is 17.6 Å². The van der Waals surface area contributed by atoms with E-state index in [1.807, 2.05) is 42.5 Å². The fourth-order valence-electron chi connectivity index (χ4n) is 6.73. The Bertz CT molecular complexity index is 2850. The van der Waals surface area contributed by atoms with Crippen molar-refractivity contribution in [1.82, 2.24) is 24.7 Å². The van der Waals surface area contributed by atoms with Gasteiger partial charge < -0.3 is 14.0 Å². The van der Waals surface area contributed by atoms with Gasteiger partial charge in [-0.1, -0.05) is 112 Å². The number of benzene rings is 5. The van der Waals surface area contributed by atoms with Crippen LogP contribution in [0.15, 0.2) is 120 Å². The Morgan fingerprint density at radius 3 is 2.15 bits per heavy atom. The van der Waals surface area contributed by atoms with Crippen LogP contribution in [0, 0.1) is 25.8 Å². The van der Waals surface area contributed by atoms with Crippen LogP contribution >= 0.6 is 0 Å². The number of para-hydroxylation sites is 2. The summed E-state index contributed by atoms with van der Waals surface area (Å²) in [6, 6.07) is 40.9. The maximum Gasteiger partial charge on any atom is 0.191 e. The van der Waals surface area contributed by atoms with Gasteiger partial charge in [-0.15, -0.1) is 63.8 Å². The van der Waals surface area contributed by atoms with E-state index in [1.165, 1.54) is 35.5 Å². The summed E-state index contributed by atoms with van der Waals surface area (Å²) in [5.41, 5.74) is 10.0. The average molecular weight is 876 g/mol. The minimum atomic E-state index is -2.18. The first kappa shape index (κ1) is 29.0. The molecule has 4 heterocycles. The average Bonchev–Trinajstić information content (AvgIpc) is 3.79. The summed E-state index contributed by atoms with van der Waals surface area (Å²) in [6.07, 6.45) is 1.30. The van der Waals surface area contributed by atoms with Crippen LogP contribution in [-0.4, -0.2) is 24.7 Å². The molecule has 4 aromatic heterocycles. The number of hydrogen-bond acceptors (Lipinski definition) is 5. The fourth-order valence-corrected chi connectivity index (χ4v) is 6.73. The topological polar surface area (TPSA) is 69.6 Å². The molecule has 0 N–H and O–H groups in total. The third-order valence-electron chi connectivity index (χ3n) is 9.25. The number of fused-ring (bicyclic) bond motifs is 6. The van der Waals surface area contributed by atoms with Crippen molar-refractivity contribution in [3.05, 3.63) is 150 Å². The molecule has 9 aromatic rings. The van der Waals surface area contributed by atoms with Crippen LogP contribution in [0.25, 0.3) is 72.3 Å². The molecule has 0 spiro atoms. The number of aromatic nitrogens is 5. The van der Waals surface area contributed by atoms with E-state index in [-0.39, 0.29) is 31.2 Å². The molecule has 0 aliphatic heterocycles. The molecule has 0 amide bonds. The molecule has 1 radical (unpaired) electrons. The van der Waals surface area contributed by atoms with Crippen LogP contribution < -0.4 is 0 Å². The van der Waals surface area contributed by atoms with E-state index in [0.29, 0.717) is 28.7 Å². The van der Waals surface area contributed by atoms with Gasteiger partial charge in [0.2, 0.25) is 0 Å². The number of pyridine rings is 1. The Labute approximate surface area is 331 Å². The van der Waals surface area contributed by atoms with E-state index >= 15 is 0 Å². The van der Waals surface area contributed by atoms with Crippen molar-refractivity contribution in [3.8, 4) is 28.3 Å². The van der Waals surface area contributed by atoms with Gasteiger partial charge in [0.1, 0.15) is 5.58 Å². The Balaban J connectivity index is 0.000000214. The number of furan rings is 1. The standard InChI is InChI=1S/C33H27N4O.C13H12N.Ir/c1-19(2)21-13-9-14-22(20(3)4)29(21)37-30-25-12-5-7-17-27(25)35-36-32(30)34-33(37)26-16-10-15-24-23-11-6-8-18-28(23)38-31(24)26;1-10-3-6-12(7-4-10)13-8-5-11(2)9-14-13;/h5-15,17-20H,1-4H3;3-6,8-9H,1-2H3;/q2*-1;/i;1D3,2D3;. The van der Waals surface area contributed by atoms with Crippen LogP contribution in [0.2, 0.25) is 0 Å². The van der Waals surface area contributed by atoms with E-state index in [2.05, 4.69) is 96.0 Å². The molecular weight excluding hydrogens is 831 g/mol. The monoisotopic (exact) mass is 876 g/mol. The molecule has 9 rings (SSSR count). The maximum absolute atomic E-state index is 7.28. The molecule has 0 aliphatic rings. The summed E-state index contributed by atoms with van der Waals surface area (Å²) in [5, 5.41) is 12.2. The Morgan fingerprint density at radius 2 is 1.45 bits per heavy atom. The molecule has 5 aromatic carbocycles. The molecule has 0 saturated heterocycles. The number of rotatable bonds is 5. The SMILES string of the molecule is CC(C)c1cccc(C(C)C)c1-n1c(-c2[c-]ccc3c2oc2ccccc23)nc2nnc3ccccc3c21.[2H]C([2H])([2H])c1c[c-]c(-c2ccc(C([2H])([2H])[2H])cn2)cc1.[Ir]. The van der Waals surface area contributed by atoms with Crippen molar-refractivity contribution in [2.45, 2.75) is 53.2 Å². The molecule has 0 aliphatic carbocycles. The summed E-state index contributed by atoms with van der Waals surface area (Å²) < 4.78 is 52.4. The Hall–Kier alpha value is -5.49. The molecule has 53 heavy (non-hydrogen) atoms. The molecule has 0 fully saturated rings. The van der Waals surface area contributed by atoms with Crippen LogP contribution in [0.4, 0.5) is 0 Å². The van der Waals surface area contributed by atoms with Crippen molar-refractivity contribution in [3.63, 3.8) is 0 Å². The molecule has 0 bridgehead atoms. The Kier molecular flexibility index (Phi) is 8.14. The maximum atomic E-state index is 7.28. The Morgan fingerprint density at radius 1 is 0.717 bits per heavy atom. The van der Waals surface area contributed by atoms with Crippen LogP contribution in [0.1, 0.15) is 70.0 Å². The van der Waals surface area contributed by atoms with Crippen LogP contribution in [-0.2, 0) is 20.1 Å². The van der Waals surface area contributed by atoms with Gasteiger partial charge in [0, 0.05) is 51.0 Å². The van der Waals surface area contributed by atoms with Crippen molar-refractivity contribution in [1.29, 1.82) is 0 Å². The first-order valence-corrected chi connectivity index (χ1v) is 17.3. The molecule has 0 atom stereocenters. The van der Waals surface area contributed by atoms with E-state index < -0.39 is 13.7 Å². The second kappa shape index (κ2) is 14.9. The number of nitrogens with zero attached hydrogens (tertiary/aromatic N) is 5. The van der Waals surface area contributed by atoms with Gasteiger partial charge in [0.05, 0.1) is 22.4 Å². The van der Waals surface area contributed by atoms with Crippen molar-refractivity contribution >= 4 is 44.0 Å². The van der Waals surface area contributed by atoms with E-state index in [0.717, 1.165) is 55.4 Å². The molecule has 6 nitrogen and oxygen atoms in total. The third-order valence-corrected chi connectivity index (χ3v) is 9.25. The van der Waals surface area contributed by atoms with Gasteiger partial charge in [0.25, 0.3) is 0 Å². The molecule has 7 heteroatoms. The minimum Gasteiger partial charge on any atom is -0.501 e. The van der Waals surface area contributed by atoms with Gasteiger partial charge in [-0.25, -0.2) is 0 Å². The molecule has 0 saturated carbocycles. The number of aryl methyl sites for hydroxylation is 2. The van der Waals surface area contributed by atoms with E-state index in [1.54, 1.807) is 12.1 Å². The third kappa shape index (κ3) is 6.67. The van der Waals surface area contributed by atoms with Crippen LogP contribution in [0.3, 0.4) is 0 Å². The van der Waals surface area contributed by atoms with Gasteiger partial charge in [-0.3, -0.25) is 4.98 Å². The normalized spacial score (nSPS) is 13.5. The van der Waals surface area contributed by atoms with Crippen molar-refractivity contribution < 1.29 is 32.7 Å². The van der Waals surface area contributed by atoms with Crippen molar-refractivity contribution in [2.75, 3.05) is 0 Å². The zero-order chi connectivity index (χ0) is 40.9. The zero-order valence-electron chi connectivity index (χ0n) is 35.6. The van der Waals surface area contributed by atoms with Gasteiger partial charge in [-0.2, -0.15) is 0 Å². The summed E-state index contributed by atoms with van der Waals surface area (Å²) in [4.78, 5) is 9.20. The number of imidazole rings is 1. The first-order chi connectivity index (χ1) is 27.7. The van der Waals surface area contributed by atoms with Gasteiger partial charge >= 0.3 is 0 Å². The molecule has 265 valence electrons. The minimum absolute atomic E-state index is 0. The smallest absolute Gasteiger partial charge is 0.191 e. The van der Waals surface area contributed by atoms with Crippen LogP contribution in [0.5, 0.6) is 0 Å². The molecular formula is C46H39IrN5O-2. The van der Waals surface area contributed by atoms with Gasteiger partial charge in [-0.05, 0) is 53.2 Å². The molecule has 0 unspecified atom stereocenters. The predicted octanol–water partition coefficient (Wildman–Crippen LogP) is 11.7. The van der Waals surface area contributed by atoms with Crippen molar-refractivity contribution in [2.24, 2.45) is 0 Å². The first-order valence-electron chi connectivity index (χ1n) is 20.3.